The quantitative estimate of drug-likeness (QED) is 0.145. The highest BCUT2D eigenvalue weighted by molar-refractivity contribution is 6.15. The zero-order valence-electron chi connectivity index (χ0n) is 47.6. The van der Waals surface area contributed by atoms with Gasteiger partial charge in [0.15, 0.2) is 17.5 Å². The Kier molecular flexibility index (Phi) is 11.2. The molecule has 7 nitrogen and oxygen atoms in total. The number of rotatable bonds is 9. The fourth-order valence-corrected chi connectivity index (χ4v) is 13.8. The van der Waals surface area contributed by atoms with Crippen LogP contribution in [0, 0.1) is 0 Å². The van der Waals surface area contributed by atoms with Crippen molar-refractivity contribution in [2.75, 3.05) is 0 Å². The van der Waals surface area contributed by atoms with Gasteiger partial charge in [-0.1, -0.05) is 218 Å². The van der Waals surface area contributed by atoms with Gasteiger partial charge in [0.2, 0.25) is 0 Å². The van der Waals surface area contributed by atoms with Gasteiger partial charge in [-0.2, -0.15) is 0 Å². The molecule has 0 unspecified atom stereocenters. The zero-order valence-corrected chi connectivity index (χ0v) is 47.6. The van der Waals surface area contributed by atoms with Crippen molar-refractivity contribution in [1.82, 2.24) is 33.2 Å². The molecule has 18 aromatic rings. The minimum absolute atomic E-state index is 0.562. The Morgan fingerprint density at radius 1 is 0.159 bits per heavy atom. The lowest BCUT2D eigenvalue weighted by atomic mass is 10.0. The van der Waals surface area contributed by atoms with Crippen molar-refractivity contribution in [2.45, 2.75) is 0 Å². The molecule has 0 bridgehead atoms. The number of para-hydroxylation sites is 4. The summed E-state index contributed by atoms with van der Waals surface area (Å²) in [7, 11) is 0. The van der Waals surface area contributed by atoms with E-state index in [2.05, 4.69) is 291 Å². The summed E-state index contributed by atoms with van der Waals surface area (Å²) >= 11 is 0. The smallest absolute Gasteiger partial charge is 0.164 e. The highest BCUT2D eigenvalue weighted by Crippen LogP contribution is 2.43. The highest BCUT2D eigenvalue weighted by Gasteiger charge is 2.23. The second kappa shape index (κ2) is 19.8. The Hall–Kier alpha value is -11.9. The standard InChI is InChI=1S/C81H51N7/c1-5-21-52(22-6-1)56-37-43-75-69(47-56)67-41-39-59(85-71-33-17-13-29-63(71)64-30-14-18-34-72(64)85)50-77(67)87(75)61-45-58(81-83-79(54-25-9-3-10-26-54)82-80(84-81)55-27-11-4-12-28-55)46-62(49-61)88-76-44-38-57(53-23-7-2-8-24-53)48-70(76)68-42-40-60(51-78(68)88)86-73-35-19-15-31-65(73)66-32-16-20-36-74(66)86/h1-51H. The molecule has 5 heterocycles. The zero-order chi connectivity index (χ0) is 57.8. The predicted octanol–water partition coefficient (Wildman–Crippen LogP) is 20.6. The monoisotopic (exact) mass is 1120 g/mol. The van der Waals surface area contributed by atoms with E-state index in [-0.39, 0.29) is 0 Å². The Morgan fingerprint density at radius 3 is 0.830 bits per heavy atom. The molecule has 0 atom stereocenters. The second-order valence-electron chi connectivity index (χ2n) is 22.8. The van der Waals surface area contributed by atoms with Crippen LogP contribution in [0.15, 0.2) is 309 Å². The molecule has 0 saturated heterocycles. The van der Waals surface area contributed by atoms with E-state index in [4.69, 9.17) is 15.0 Å². The molecule has 0 aliphatic heterocycles. The number of nitrogens with zero attached hydrogens (tertiary/aromatic N) is 7. The molecule has 410 valence electrons. The molecule has 0 aliphatic rings. The van der Waals surface area contributed by atoms with Crippen LogP contribution >= 0.6 is 0 Å². The molecule has 0 aliphatic carbocycles. The molecule has 0 N–H and O–H groups in total. The third-order valence-corrected chi connectivity index (χ3v) is 17.8. The van der Waals surface area contributed by atoms with Crippen LogP contribution in [-0.2, 0) is 0 Å². The van der Waals surface area contributed by atoms with Gasteiger partial charge in [-0.3, -0.25) is 0 Å². The van der Waals surface area contributed by atoms with E-state index < -0.39 is 0 Å². The molecule has 0 saturated carbocycles. The van der Waals surface area contributed by atoms with Gasteiger partial charge < -0.3 is 18.3 Å². The summed E-state index contributed by atoms with van der Waals surface area (Å²) in [6.45, 7) is 0. The van der Waals surface area contributed by atoms with E-state index in [1.165, 1.54) is 21.5 Å². The van der Waals surface area contributed by atoms with Crippen molar-refractivity contribution in [2.24, 2.45) is 0 Å². The lowest BCUT2D eigenvalue weighted by molar-refractivity contribution is 1.07. The topological polar surface area (TPSA) is 58.4 Å². The Bertz CT molecular complexity index is 5340. The SMILES string of the molecule is c1ccc(-c2ccc3c(c2)c2ccc(-n4c5ccccc5c5ccccc54)cc2n3-c2cc(-c3nc(-c4ccccc4)nc(-c4ccccc4)n3)cc(-n3c4ccc(-c5ccccc5)cc4c4ccc(-n5c6ccccc6c6ccccc65)cc43)c2)cc1. The van der Waals surface area contributed by atoms with Gasteiger partial charge >= 0.3 is 0 Å². The van der Waals surface area contributed by atoms with Crippen molar-refractivity contribution in [3.63, 3.8) is 0 Å². The van der Waals surface area contributed by atoms with Gasteiger partial charge in [0, 0.05) is 82.5 Å². The van der Waals surface area contributed by atoms with Crippen LogP contribution in [0.4, 0.5) is 0 Å². The van der Waals surface area contributed by atoms with E-state index >= 15 is 0 Å². The van der Waals surface area contributed by atoms with Crippen molar-refractivity contribution < 1.29 is 0 Å². The molecular formula is C81H51N7. The summed E-state index contributed by atoms with van der Waals surface area (Å²) in [6.07, 6.45) is 0. The van der Waals surface area contributed by atoms with Crippen LogP contribution in [0.25, 0.3) is 166 Å². The Labute approximate surface area is 506 Å². The van der Waals surface area contributed by atoms with Crippen molar-refractivity contribution >= 4 is 87.2 Å². The van der Waals surface area contributed by atoms with Crippen molar-refractivity contribution in [3.8, 4) is 79.2 Å². The van der Waals surface area contributed by atoms with Gasteiger partial charge in [0.25, 0.3) is 0 Å². The summed E-state index contributed by atoms with van der Waals surface area (Å²) < 4.78 is 9.76. The number of benzene rings is 13. The average Bonchev–Trinajstić information content (AvgIpc) is 1.86. The van der Waals surface area contributed by atoms with Crippen LogP contribution in [0.2, 0.25) is 0 Å². The van der Waals surface area contributed by atoms with Gasteiger partial charge in [-0.25, -0.2) is 15.0 Å². The third kappa shape index (κ3) is 7.88. The maximum Gasteiger partial charge on any atom is 0.164 e. The van der Waals surface area contributed by atoms with Gasteiger partial charge in [0.1, 0.15) is 0 Å². The third-order valence-electron chi connectivity index (χ3n) is 17.8. The molecule has 0 spiro atoms. The van der Waals surface area contributed by atoms with E-state index in [1.807, 2.05) is 36.4 Å². The first kappa shape index (κ1) is 49.5. The fraction of sp³-hybridized carbons (Fsp3) is 0. The van der Waals surface area contributed by atoms with Crippen molar-refractivity contribution in [3.05, 3.63) is 309 Å². The lowest BCUT2D eigenvalue weighted by Gasteiger charge is -2.17. The average molecular weight is 1120 g/mol. The maximum atomic E-state index is 5.45. The van der Waals surface area contributed by atoms with Crippen LogP contribution in [0.3, 0.4) is 0 Å². The van der Waals surface area contributed by atoms with Gasteiger partial charge in [0.05, 0.1) is 44.1 Å². The fourth-order valence-electron chi connectivity index (χ4n) is 13.8. The molecule has 88 heavy (non-hydrogen) atoms. The first-order valence-electron chi connectivity index (χ1n) is 29.9. The summed E-state index contributed by atoms with van der Waals surface area (Å²) in [6, 6.07) is 112. The van der Waals surface area contributed by atoms with E-state index in [0.29, 0.717) is 17.5 Å². The lowest BCUT2D eigenvalue weighted by Crippen LogP contribution is -2.04. The van der Waals surface area contributed by atoms with Gasteiger partial charge in [-0.05, 0) is 113 Å². The van der Waals surface area contributed by atoms with E-state index in [9.17, 15) is 0 Å². The number of aromatic nitrogens is 7. The number of fused-ring (bicyclic) bond motifs is 12. The van der Waals surface area contributed by atoms with E-state index in [0.717, 1.165) is 127 Å². The molecular weight excluding hydrogens is 1070 g/mol. The Morgan fingerprint density at radius 2 is 0.455 bits per heavy atom. The minimum Gasteiger partial charge on any atom is -0.309 e. The summed E-state index contributed by atoms with van der Waals surface area (Å²) in [5, 5.41) is 9.45. The van der Waals surface area contributed by atoms with Gasteiger partial charge in [-0.15, -0.1) is 0 Å². The maximum absolute atomic E-state index is 5.45. The number of hydrogen-bond donors (Lipinski definition) is 0. The minimum atomic E-state index is 0.562. The summed E-state index contributed by atoms with van der Waals surface area (Å²) in [5.41, 5.74) is 20.2. The molecule has 0 fully saturated rings. The molecule has 0 radical (unpaired) electrons. The van der Waals surface area contributed by atoms with Crippen LogP contribution < -0.4 is 0 Å². The van der Waals surface area contributed by atoms with E-state index in [1.54, 1.807) is 0 Å². The van der Waals surface area contributed by atoms with Crippen LogP contribution in [0.1, 0.15) is 0 Å². The first-order chi connectivity index (χ1) is 43.6. The van der Waals surface area contributed by atoms with Crippen molar-refractivity contribution in [1.29, 1.82) is 0 Å². The molecule has 18 rings (SSSR count). The normalized spacial score (nSPS) is 11.9. The molecule has 0 amide bonds. The molecule has 5 aromatic heterocycles. The summed E-state index contributed by atoms with van der Waals surface area (Å²) in [4.78, 5) is 16.1. The van der Waals surface area contributed by atoms with Crippen LogP contribution in [-0.4, -0.2) is 33.2 Å². The predicted molar refractivity (Wildman–Crippen MR) is 364 cm³/mol. The Balaban J connectivity index is 0.963. The largest absolute Gasteiger partial charge is 0.309 e. The number of hydrogen-bond acceptors (Lipinski definition) is 3. The first-order valence-corrected chi connectivity index (χ1v) is 29.9. The molecule has 7 heteroatoms. The molecule has 13 aromatic carbocycles. The summed E-state index contributed by atoms with van der Waals surface area (Å²) in [5.74, 6) is 1.75. The second-order valence-corrected chi connectivity index (χ2v) is 22.8. The highest BCUT2D eigenvalue weighted by atomic mass is 15.1. The van der Waals surface area contributed by atoms with Crippen LogP contribution in [0.5, 0.6) is 0 Å².